The molecule has 0 aromatic heterocycles. The first-order chi connectivity index (χ1) is 9.56. The van der Waals surface area contributed by atoms with Crippen LogP contribution in [0.15, 0.2) is 30.3 Å². The van der Waals surface area contributed by atoms with Gasteiger partial charge in [0.15, 0.2) is 0 Å². The lowest BCUT2D eigenvalue weighted by Gasteiger charge is -2.17. The summed E-state index contributed by atoms with van der Waals surface area (Å²) in [6, 6.07) is 9.49. The van der Waals surface area contributed by atoms with Crippen LogP contribution in [-0.2, 0) is 16.0 Å². The van der Waals surface area contributed by atoms with Gasteiger partial charge in [-0.3, -0.25) is 9.59 Å². The van der Waals surface area contributed by atoms with Gasteiger partial charge in [-0.05, 0) is 31.7 Å². The van der Waals surface area contributed by atoms with Crippen LogP contribution in [0.3, 0.4) is 0 Å². The molecule has 1 aliphatic rings. The number of hydrogen-bond donors (Lipinski definition) is 3. The van der Waals surface area contributed by atoms with Crippen LogP contribution in [-0.4, -0.2) is 29.1 Å². The van der Waals surface area contributed by atoms with E-state index in [0.717, 1.165) is 18.4 Å². The van der Waals surface area contributed by atoms with Crippen LogP contribution >= 0.6 is 12.6 Å². The lowest BCUT2D eigenvalue weighted by atomic mass is 10.1. The van der Waals surface area contributed by atoms with Gasteiger partial charge >= 0.3 is 0 Å². The van der Waals surface area contributed by atoms with Crippen molar-refractivity contribution < 1.29 is 9.59 Å². The summed E-state index contributed by atoms with van der Waals surface area (Å²) in [5.41, 5.74) is 1.05. The van der Waals surface area contributed by atoms with Crippen LogP contribution in [0.25, 0.3) is 0 Å². The molecule has 2 amide bonds. The van der Waals surface area contributed by atoms with Crippen LogP contribution in [0.4, 0.5) is 0 Å². The standard InChI is InChI=1S/C15H20N2O2S/c1-10(14(18)17-12-7-8-12)16-15(19)13(20)9-11-5-3-2-4-6-11/h2-6,10,12-13,20H,7-9H2,1H3,(H,16,19)(H,17,18). The maximum absolute atomic E-state index is 12.0. The normalized spacial score (nSPS) is 17.1. The van der Waals surface area contributed by atoms with E-state index in [-0.39, 0.29) is 11.8 Å². The second-order valence-corrected chi connectivity index (χ2v) is 5.84. The molecule has 0 radical (unpaired) electrons. The van der Waals surface area contributed by atoms with E-state index in [0.29, 0.717) is 12.5 Å². The number of rotatable bonds is 6. The highest BCUT2D eigenvalue weighted by Crippen LogP contribution is 2.18. The first-order valence-electron chi connectivity index (χ1n) is 6.89. The minimum absolute atomic E-state index is 0.124. The van der Waals surface area contributed by atoms with Crippen molar-refractivity contribution in [2.24, 2.45) is 0 Å². The van der Waals surface area contributed by atoms with Gasteiger partial charge in [-0.25, -0.2) is 0 Å². The zero-order valence-electron chi connectivity index (χ0n) is 11.5. The molecule has 0 heterocycles. The van der Waals surface area contributed by atoms with Crippen molar-refractivity contribution in [3.8, 4) is 0 Å². The van der Waals surface area contributed by atoms with E-state index in [1.54, 1.807) is 6.92 Å². The molecule has 2 rings (SSSR count). The highest BCUT2D eigenvalue weighted by molar-refractivity contribution is 7.81. The Hall–Kier alpha value is -1.49. The SMILES string of the molecule is CC(NC(=O)C(S)Cc1ccccc1)C(=O)NC1CC1. The molecule has 20 heavy (non-hydrogen) atoms. The molecule has 2 unspecified atom stereocenters. The van der Waals surface area contributed by atoms with Crippen LogP contribution < -0.4 is 10.6 Å². The van der Waals surface area contributed by atoms with E-state index in [1.165, 1.54) is 0 Å². The minimum Gasteiger partial charge on any atom is -0.352 e. The Morgan fingerprint density at radius 2 is 1.90 bits per heavy atom. The highest BCUT2D eigenvalue weighted by Gasteiger charge is 2.27. The van der Waals surface area contributed by atoms with Crippen molar-refractivity contribution in [2.45, 2.75) is 43.5 Å². The molecule has 2 N–H and O–H groups in total. The average molecular weight is 292 g/mol. The number of nitrogens with one attached hydrogen (secondary N) is 2. The van der Waals surface area contributed by atoms with Crippen LogP contribution in [0.1, 0.15) is 25.3 Å². The molecule has 108 valence electrons. The van der Waals surface area contributed by atoms with Gasteiger partial charge in [0, 0.05) is 6.04 Å². The number of thiol groups is 1. The highest BCUT2D eigenvalue weighted by atomic mass is 32.1. The summed E-state index contributed by atoms with van der Waals surface area (Å²) in [7, 11) is 0. The molecule has 5 heteroatoms. The molecule has 0 bridgehead atoms. The second-order valence-electron chi connectivity index (χ2n) is 5.22. The zero-order chi connectivity index (χ0) is 14.5. The monoisotopic (exact) mass is 292 g/mol. The summed E-state index contributed by atoms with van der Waals surface area (Å²) in [5.74, 6) is -0.336. The smallest absolute Gasteiger partial charge is 0.242 e. The average Bonchev–Trinajstić information content (AvgIpc) is 3.23. The molecule has 0 spiro atoms. The van der Waals surface area contributed by atoms with Crippen molar-refractivity contribution >= 4 is 24.4 Å². The first-order valence-corrected chi connectivity index (χ1v) is 7.40. The molecule has 0 aliphatic heterocycles. The third kappa shape index (κ3) is 4.56. The fourth-order valence-corrected chi connectivity index (χ4v) is 2.14. The van der Waals surface area contributed by atoms with Crippen molar-refractivity contribution in [2.75, 3.05) is 0 Å². The largest absolute Gasteiger partial charge is 0.352 e. The second kappa shape index (κ2) is 6.79. The Morgan fingerprint density at radius 3 is 2.50 bits per heavy atom. The van der Waals surface area contributed by atoms with Gasteiger partial charge in [0.05, 0.1) is 5.25 Å². The molecule has 1 aromatic rings. The Morgan fingerprint density at radius 1 is 1.25 bits per heavy atom. The van der Waals surface area contributed by atoms with Gasteiger partial charge < -0.3 is 10.6 Å². The van der Waals surface area contributed by atoms with Gasteiger partial charge in [0.1, 0.15) is 6.04 Å². The van der Waals surface area contributed by atoms with E-state index in [2.05, 4.69) is 23.3 Å². The van der Waals surface area contributed by atoms with Gasteiger partial charge in [-0.15, -0.1) is 0 Å². The number of carbonyl (C=O) groups is 2. The van der Waals surface area contributed by atoms with Crippen LogP contribution in [0.2, 0.25) is 0 Å². The topological polar surface area (TPSA) is 58.2 Å². The van der Waals surface area contributed by atoms with E-state index in [4.69, 9.17) is 0 Å². The van der Waals surface area contributed by atoms with Crippen LogP contribution in [0, 0.1) is 0 Å². The number of hydrogen-bond acceptors (Lipinski definition) is 3. The van der Waals surface area contributed by atoms with Crippen LogP contribution in [0.5, 0.6) is 0 Å². The Kier molecular flexibility index (Phi) is 5.06. The molecular formula is C15H20N2O2S. The fourth-order valence-electron chi connectivity index (χ4n) is 1.86. The van der Waals surface area contributed by atoms with Crippen molar-refractivity contribution in [3.05, 3.63) is 35.9 Å². The summed E-state index contributed by atoms with van der Waals surface area (Å²) >= 11 is 4.32. The molecule has 1 aromatic carbocycles. The number of carbonyl (C=O) groups excluding carboxylic acids is 2. The molecule has 4 nitrogen and oxygen atoms in total. The maximum Gasteiger partial charge on any atom is 0.242 e. The molecule has 1 saturated carbocycles. The Labute approximate surface area is 124 Å². The molecule has 1 aliphatic carbocycles. The Balaban J connectivity index is 1.79. The van der Waals surface area contributed by atoms with Crippen molar-refractivity contribution in [1.82, 2.24) is 10.6 Å². The first kappa shape index (κ1) is 14.9. The summed E-state index contributed by atoms with van der Waals surface area (Å²) in [6.45, 7) is 1.69. The van der Waals surface area contributed by atoms with Gasteiger partial charge in [0.2, 0.25) is 11.8 Å². The number of benzene rings is 1. The summed E-state index contributed by atoms with van der Waals surface area (Å²) < 4.78 is 0. The third-order valence-electron chi connectivity index (χ3n) is 3.25. The van der Waals surface area contributed by atoms with Gasteiger partial charge in [0.25, 0.3) is 0 Å². The fraction of sp³-hybridized carbons (Fsp3) is 0.467. The molecular weight excluding hydrogens is 272 g/mol. The molecule has 2 atom stereocenters. The Bertz CT molecular complexity index is 474. The van der Waals surface area contributed by atoms with E-state index >= 15 is 0 Å². The summed E-state index contributed by atoms with van der Waals surface area (Å²) in [6.07, 6.45) is 2.62. The lowest BCUT2D eigenvalue weighted by Crippen LogP contribution is -2.48. The van der Waals surface area contributed by atoms with Crippen molar-refractivity contribution in [1.29, 1.82) is 0 Å². The lowest BCUT2D eigenvalue weighted by molar-refractivity contribution is -0.128. The molecule has 0 saturated heterocycles. The van der Waals surface area contributed by atoms with Gasteiger partial charge in [-0.1, -0.05) is 30.3 Å². The van der Waals surface area contributed by atoms with E-state index in [9.17, 15) is 9.59 Å². The summed E-state index contributed by atoms with van der Waals surface area (Å²) in [4.78, 5) is 23.8. The predicted octanol–water partition coefficient (Wildman–Crippen LogP) is 1.31. The van der Waals surface area contributed by atoms with Crippen molar-refractivity contribution in [3.63, 3.8) is 0 Å². The quantitative estimate of drug-likeness (QED) is 0.692. The predicted molar refractivity (Wildman–Crippen MR) is 81.7 cm³/mol. The van der Waals surface area contributed by atoms with E-state index < -0.39 is 11.3 Å². The number of amides is 2. The minimum atomic E-state index is -0.520. The molecule has 1 fully saturated rings. The van der Waals surface area contributed by atoms with E-state index in [1.807, 2.05) is 30.3 Å². The maximum atomic E-state index is 12.0. The summed E-state index contributed by atoms with van der Waals surface area (Å²) in [5, 5.41) is 5.12. The van der Waals surface area contributed by atoms with Gasteiger partial charge in [-0.2, -0.15) is 12.6 Å². The third-order valence-corrected chi connectivity index (χ3v) is 3.67. The zero-order valence-corrected chi connectivity index (χ0v) is 12.4.